The zero-order valence-electron chi connectivity index (χ0n) is 10.7. The van der Waals surface area contributed by atoms with Gasteiger partial charge >= 0.3 is 5.96 Å². The fraction of sp³-hybridized carbons (Fsp3) is 0.600. The lowest BCUT2D eigenvalue weighted by Crippen LogP contribution is -2.32. The summed E-state index contributed by atoms with van der Waals surface area (Å²) in [6.45, 7) is 3.54. The van der Waals surface area contributed by atoms with E-state index in [0.717, 1.165) is 38.1 Å². The molecule has 1 fully saturated rings. The van der Waals surface area contributed by atoms with Gasteiger partial charge in [-0.15, -0.1) is 9.79 Å². The first-order valence-electron chi connectivity index (χ1n) is 5.94. The Hall–Kier alpha value is -2.12. The lowest BCUT2D eigenvalue weighted by atomic mass is 10.7. The van der Waals surface area contributed by atoms with Crippen LogP contribution in [0.3, 0.4) is 0 Å². The van der Waals surface area contributed by atoms with Gasteiger partial charge in [-0.1, -0.05) is 0 Å². The van der Waals surface area contributed by atoms with Crippen LogP contribution in [0.2, 0.25) is 0 Å². The summed E-state index contributed by atoms with van der Waals surface area (Å²) in [5.74, 6) is 1.70. The molecular formula is C10H19N8+. The van der Waals surface area contributed by atoms with Crippen LogP contribution in [0.4, 0.5) is 0 Å². The molecule has 0 spiro atoms. The Labute approximate surface area is 106 Å². The number of hydrazone groups is 2. The fourth-order valence-corrected chi connectivity index (χ4v) is 1.63. The maximum Gasteiger partial charge on any atom is 0.369 e. The topological polar surface area (TPSA) is 79.4 Å². The Morgan fingerprint density at radius 3 is 2.67 bits per heavy atom. The van der Waals surface area contributed by atoms with Crippen LogP contribution in [0.5, 0.6) is 0 Å². The van der Waals surface area contributed by atoms with Crippen molar-refractivity contribution in [1.29, 1.82) is 0 Å². The monoisotopic (exact) mass is 251 g/mol. The van der Waals surface area contributed by atoms with Gasteiger partial charge in [0.2, 0.25) is 5.96 Å². The summed E-state index contributed by atoms with van der Waals surface area (Å²) < 4.78 is 1.74. The second kappa shape index (κ2) is 5.99. The van der Waals surface area contributed by atoms with Crippen LogP contribution in [-0.4, -0.2) is 74.3 Å². The maximum absolute atomic E-state index is 4.25. The van der Waals surface area contributed by atoms with E-state index in [1.807, 2.05) is 14.1 Å². The number of hydrogen-bond acceptors (Lipinski definition) is 5. The molecule has 0 saturated carbocycles. The van der Waals surface area contributed by atoms with Gasteiger partial charge in [-0.25, -0.2) is 10.0 Å². The van der Waals surface area contributed by atoms with Crippen molar-refractivity contribution in [1.82, 2.24) is 21.0 Å². The van der Waals surface area contributed by atoms with E-state index in [4.69, 9.17) is 0 Å². The molecular weight excluding hydrogens is 232 g/mol. The van der Waals surface area contributed by atoms with Gasteiger partial charge in [0.15, 0.2) is 0 Å². The van der Waals surface area contributed by atoms with Crippen molar-refractivity contribution < 1.29 is 4.68 Å². The number of nitrogens with zero attached hydrogens (tertiary/aromatic N) is 5. The van der Waals surface area contributed by atoms with E-state index in [-0.39, 0.29) is 0 Å². The van der Waals surface area contributed by atoms with Crippen LogP contribution in [0.15, 0.2) is 15.2 Å². The molecule has 3 N–H and O–H groups in total. The summed E-state index contributed by atoms with van der Waals surface area (Å²) >= 11 is 0. The van der Waals surface area contributed by atoms with E-state index in [0.29, 0.717) is 0 Å². The Balaban J connectivity index is 1.84. The van der Waals surface area contributed by atoms with E-state index < -0.39 is 0 Å². The van der Waals surface area contributed by atoms with Crippen LogP contribution in [0, 0.1) is 0 Å². The van der Waals surface area contributed by atoms with Gasteiger partial charge < -0.3 is 5.32 Å². The third-order valence-electron chi connectivity index (χ3n) is 2.54. The number of hydrogen-bond donors (Lipinski definition) is 3. The Morgan fingerprint density at radius 1 is 1.22 bits per heavy atom. The third-order valence-corrected chi connectivity index (χ3v) is 2.54. The molecule has 0 aliphatic carbocycles. The van der Waals surface area contributed by atoms with E-state index in [9.17, 15) is 0 Å². The zero-order chi connectivity index (χ0) is 12.8. The second-order valence-electron chi connectivity index (χ2n) is 3.91. The van der Waals surface area contributed by atoms with E-state index in [2.05, 4.69) is 31.1 Å². The highest BCUT2D eigenvalue weighted by Crippen LogP contribution is 1.90. The molecule has 0 radical (unpaired) electrons. The van der Waals surface area contributed by atoms with E-state index in [1.54, 1.807) is 22.1 Å². The van der Waals surface area contributed by atoms with Crippen molar-refractivity contribution in [3.05, 3.63) is 0 Å². The molecule has 8 nitrogen and oxygen atoms in total. The third kappa shape index (κ3) is 3.19. The van der Waals surface area contributed by atoms with Crippen LogP contribution in [0.25, 0.3) is 0 Å². The highest BCUT2D eigenvalue weighted by Gasteiger charge is 2.14. The summed E-state index contributed by atoms with van der Waals surface area (Å²) in [6, 6.07) is 0. The predicted octanol–water partition coefficient (Wildman–Crippen LogP) is -1.96. The molecule has 2 rings (SSSR count). The van der Waals surface area contributed by atoms with Crippen molar-refractivity contribution >= 4 is 24.3 Å². The first-order valence-corrected chi connectivity index (χ1v) is 5.94. The minimum atomic E-state index is 0.793. The number of rotatable bonds is 3. The normalized spacial score (nSPS) is 18.8. The molecule has 2 heterocycles. The van der Waals surface area contributed by atoms with Crippen LogP contribution < -0.4 is 16.0 Å². The van der Waals surface area contributed by atoms with Crippen molar-refractivity contribution in [2.24, 2.45) is 15.2 Å². The van der Waals surface area contributed by atoms with Crippen molar-refractivity contribution in [2.45, 2.75) is 0 Å². The maximum atomic E-state index is 4.25. The van der Waals surface area contributed by atoms with Crippen molar-refractivity contribution in [3.63, 3.8) is 0 Å². The smallest absolute Gasteiger partial charge is 0.353 e. The zero-order valence-corrected chi connectivity index (χ0v) is 10.7. The molecule has 0 amide bonds. The van der Waals surface area contributed by atoms with Gasteiger partial charge in [0, 0.05) is 13.6 Å². The van der Waals surface area contributed by atoms with Gasteiger partial charge in [-0.2, -0.15) is 5.10 Å². The standard InChI is InChI=1S/C10H18N8/c1-17(9-11-3-4-12-9)15-7-8-16-18(2)10-13-5-6-14-10/h7-8H,3-6H2,1-2H3,(H2,11,12,13,14)/p+1/b15-7-,16-8-. The van der Waals surface area contributed by atoms with Crippen molar-refractivity contribution in [2.75, 3.05) is 40.3 Å². The van der Waals surface area contributed by atoms with E-state index >= 15 is 0 Å². The summed E-state index contributed by atoms with van der Waals surface area (Å²) in [4.78, 5) is 4.25. The fourth-order valence-electron chi connectivity index (χ4n) is 1.63. The first-order chi connectivity index (χ1) is 8.77. The lowest BCUT2D eigenvalue weighted by Gasteiger charge is -2.11. The quantitative estimate of drug-likeness (QED) is 0.309. The molecule has 0 unspecified atom stereocenters. The molecule has 0 aromatic carbocycles. The predicted molar refractivity (Wildman–Crippen MR) is 72.2 cm³/mol. The average Bonchev–Trinajstić information content (AvgIpc) is 3.05. The first kappa shape index (κ1) is 12.3. The minimum Gasteiger partial charge on any atom is -0.353 e. The molecule has 0 bridgehead atoms. The van der Waals surface area contributed by atoms with Gasteiger partial charge in [0.25, 0.3) is 0 Å². The van der Waals surface area contributed by atoms with Gasteiger partial charge in [-0.3, -0.25) is 10.6 Å². The highest BCUT2D eigenvalue weighted by molar-refractivity contribution is 6.15. The van der Waals surface area contributed by atoms with Crippen LogP contribution >= 0.6 is 0 Å². The van der Waals surface area contributed by atoms with Crippen molar-refractivity contribution in [3.8, 4) is 0 Å². The molecule has 0 atom stereocenters. The largest absolute Gasteiger partial charge is 0.369 e. The summed E-state index contributed by atoms with van der Waals surface area (Å²) in [7, 11) is 3.72. The Bertz CT molecular complexity index is 400. The Kier molecular flexibility index (Phi) is 4.11. The SMILES string of the molecule is CN(/N=C\C=N/[N+](C)=C1NCCN1)C1=NCCN1. The second-order valence-corrected chi connectivity index (χ2v) is 3.91. The number of guanidine groups is 2. The molecule has 18 heavy (non-hydrogen) atoms. The minimum absolute atomic E-state index is 0.793. The molecule has 98 valence electrons. The molecule has 0 aromatic rings. The van der Waals surface area contributed by atoms with Gasteiger partial charge in [0.1, 0.15) is 0 Å². The van der Waals surface area contributed by atoms with Crippen LogP contribution in [-0.2, 0) is 0 Å². The average molecular weight is 251 g/mol. The highest BCUT2D eigenvalue weighted by atomic mass is 15.5. The molecule has 2 aliphatic rings. The lowest BCUT2D eigenvalue weighted by molar-refractivity contribution is -0.505. The number of aliphatic imine (C=N–C) groups is 1. The van der Waals surface area contributed by atoms with Gasteiger partial charge in [-0.05, 0) is 0 Å². The summed E-state index contributed by atoms with van der Waals surface area (Å²) in [5.41, 5.74) is 0. The van der Waals surface area contributed by atoms with E-state index in [1.165, 1.54) is 0 Å². The molecule has 8 heteroatoms. The van der Waals surface area contributed by atoms with Gasteiger partial charge in [0.05, 0.1) is 39.1 Å². The molecule has 1 saturated heterocycles. The van der Waals surface area contributed by atoms with Crippen LogP contribution in [0.1, 0.15) is 0 Å². The molecule has 0 aromatic heterocycles. The number of nitrogens with one attached hydrogen (secondary N) is 3. The Morgan fingerprint density at radius 2 is 2.00 bits per heavy atom. The summed E-state index contributed by atoms with van der Waals surface area (Å²) in [6.07, 6.45) is 3.27. The molecule has 2 aliphatic heterocycles. The summed E-state index contributed by atoms with van der Waals surface area (Å²) in [5, 5.41) is 19.6.